The first-order valence-electron chi connectivity index (χ1n) is 8.04. The molecule has 0 saturated heterocycles. The molecule has 0 saturated carbocycles. The van der Waals surface area contributed by atoms with E-state index in [1.165, 1.54) is 0 Å². The van der Waals surface area contributed by atoms with Crippen LogP contribution < -0.4 is 9.46 Å². The first-order chi connectivity index (χ1) is 11.3. The molecule has 130 valence electrons. The molecule has 0 radical (unpaired) electrons. The van der Waals surface area contributed by atoms with Crippen molar-refractivity contribution >= 4 is 10.0 Å². The van der Waals surface area contributed by atoms with Gasteiger partial charge in [-0.1, -0.05) is 48.9 Å². The topological polar surface area (TPSA) is 55.4 Å². The van der Waals surface area contributed by atoms with Crippen molar-refractivity contribution in [3.63, 3.8) is 0 Å². The molecule has 0 heterocycles. The molecule has 24 heavy (non-hydrogen) atoms. The van der Waals surface area contributed by atoms with Crippen LogP contribution in [-0.2, 0) is 15.8 Å². The van der Waals surface area contributed by atoms with Crippen molar-refractivity contribution in [2.24, 2.45) is 0 Å². The Balaban J connectivity index is 2.16. The first-order valence-corrected chi connectivity index (χ1v) is 9.70. The third-order valence-corrected chi connectivity index (χ3v) is 5.39. The second-order valence-electron chi connectivity index (χ2n) is 6.05. The zero-order valence-electron chi connectivity index (χ0n) is 14.7. The van der Waals surface area contributed by atoms with Crippen molar-refractivity contribution in [3.05, 3.63) is 64.7 Å². The summed E-state index contributed by atoms with van der Waals surface area (Å²) in [6.07, 6.45) is 0.679. The summed E-state index contributed by atoms with van der Waals surface area (Å²) in [5, 5.41) is 0. The predicted molar refractivity (Wildman–Crippen MR) is 97.7 cm³/mol. The highest BCUT2D eigenvalue weighted by atomic mass is 32.2. The molecule has 1 atom stereocenters. The van der Waals surface area contributed by atoms with Gasteiger partial charge >= 0.3 is 0 Å². The summed E-state index contributed by atoms with van der Waals surface area (Å²) in [6, 6.07) is 13.1. The summed E-state index contributed by atoms with van der Waals surface area (Å²) in [5.41, 5.74) is 3.84. The Morgan fingerprint density at radius 2 is 1.75 bits per heavy atom. The maximum Gasteiger partial charge on any atom is 0.216 e. The number of hydrogen-bond donors (Lipinski definition) is 1. The lowest BCUT2D eigenvalue weighted by molar-refractivity contribution is 0.411. The number of aryl methyl sites for hydroxylation is 2. The number of benzene rings is 2. The number of nitrogens with one attached hydrogen (secondary N) is 1. The Labute approximate surface area is 144 Å². The summed E-state index contributed by atoms with van der Waals surface area (Å²) in [4.78, 5) is 0. The number of sulfonamides is 1. The lowest BCUT2D eigenvalue weighted by Crippen LogP contribution is -2.29. The van der Waals surface area contributed by atoms with E-state index in [4.69, 9.17) is 4.74 Å². The summed E-state index contributed by atoms with van der Waals surface area (Å²) in [7, 11) is -1.79. The second kappa shape index (κ2) is 7.81. The molecule has 0 unspecified atom stereocenters. The molecule has 0 aliphatic carbocycles. The Hall–Kier alpha value is -1.85. The van der Waals surface area contributed by atoms with Crippen LogP contribution in [0.4, 0.5) is 0 Å². The van der Waals surface area contributed by atoms with E-state index in [0.29, 0.717) is 6.42 Å². The van der Waals surface area contributed by atoms with Crippen molar-refractivity contribution in [3.8, 4) is 5.75 Å². The smallest absolute Gasteiger partial charge is 0.216 e. The van der Waals surface area contributed by atoms with Crippen LogP contribution in [0.15, 0.2) is 42.5 Å². The van der Waals surface area contributed by atoms with Crippen LogP contribution in [0.25, 0.3) is 0 Å². The molecule has 2 aromatic rings. The lowest BCUT2D eigenvalue weighted by atomic mass is 10.0. The van der Waals surface area contributed by atoms with Gasteiger partial charge in [0.05, 0.1) is 12.9 Å². The summed E-state index contributed by atoms with van der Waals surface area (Å²) < 4.78 is 33.1. The fourth-order valence-corrected chi connectivity index (χ4v) is 4.12. The number of methoxy groups -OCH3 is 1. The van der Waals surface area contributed by atoms with Crippen LogP contribution in [-0.4, -0.2) is 15.5 Å². The molecule has 2 aromatic carbocycles. The number of hydrogen-bond acceptors (Lipinski definition) is 3. The van der Waals surface area contributed by atoms with E-state index < -0.39 is 10.0 Å². The van der Waals surface area contributed by atoms with Gasteiger partial charge in [-0.05, 0) is 43.0 Å². The normalized spacial score (nSPS) is 12.8. The van der Waals surface area contributed by atoms with E-state index >= 15 is 0 Å². The zero-order chi connectivity index (χ0) is 17.7. The molecule has 0 aliphatic heterocycles. The molecule has 0 amide bonds. The maximum absolute atomic E-state index is 12.5. The molecule has 0 bridgehead atoms. The first kappa shape index (κ1) is 18.5. The van der Waals surface area contributed by atoms with Gasteiger partial charge in [-0.2, -0.15) is 0 Å². The maximum atomic E-state index is 12.5. The SMILES string of the molecule is CC[C@H](NS(=O)(=O)Cc1ccc(C)cc1)c1ccc(OC)c(C)c1. The van der Waals surface area contributed by atoms with Crippen molar-refractivity contribution in [1.82, 2.24) is 4.72 Å². The molecule has 0 aromatic heterocycles. The molecular weight excluding hydrogens is 322 g/mol. The van der Waals surface area contributed by atoms with Gasteiger partial charge in [-0.15, -0.1) is 0 Å². The van der Waals surface area contributed by atoms with Gasteiger partial charge in [0.2, 0.25) is 10.0 Å². The van der Waals surface area contributed by atoms with Crippen LogP contribution in [0.5, 0.6) is 5.75 Å². The summed E-state index contributed by atoms with van der Waals surface area (Å²) in [5.74, 6) is 0.787. The van der Waals surface area contributed by atoms with Crippen LogP contribution in [0.3, 0.4) is 0 Å². The average Bonchev–Trinajstić information content (AvgIpc) is 2.54. The van der Waals surface area contributed by atoms with E-state index in [1.54, 1.807) is 7.11 Å². The third kappa shape index (κ3) is 4.82. The monoisotopic (exact) mass is 347 g/mol. The second-order valence-corrected chi connectivity index (χ2v) is 7.81. The molecule has 2 rings (SSSR count). The van der Waals surface area contributed by atoms with E-state index in [-0.39, 0.29) is 11.8 Å². The zero-order valence-corrected chi connectivity index (χ0v) is 15.5. The summed E-state index contributed by atoms with van der Waals surface area (Å²) in [6.45, 7) is 5.91. The Morgan fingerprint density at radius 1 is 1.08 bits per heavy atom. The molecule has 1 N–H and O–H groups in total. The van der Waals surface area contributed by atoms with Gasteiger partial charge in [0.25, 0.3) is 0 Å². The van der Waals surface area contributed by atoms with E-state index in [0.717, 1.165) is 28.0 Å². The average molecular weight is 347 g/mol. The van der Waals surface area contributed by atoms with E-state index in [2.05, 4.69) is 4.72 Å². The Morgan fingerprint density at radius 3 is 2.29 bits per heavy atom. The summed E-state index contributed by atoms with van der Waals surface area (Å²) >= 11 is 0. The molecule has 4 nitrogen and oxygen atoms in total. The number of ether oxygens (including phenoxy) is 1. The van der Waals surface area contributed by atoms with Gasteiger partial charge in [-0.3, -0.25) is 0 Å². The van der Waals surface area contributed by atoms with Crippen LogP contribution in [0.2, 0.25) is 0 Å². The Bertz CT molecular complexity index is 783. The van der Waals surface area contributed by atoms with Crippen molar-refractivity contribution in [2.45, 2.75) is 39.0 Å². The highest BCUT2D eigenvalue weighted by Gasteiger charge is 2.19. The van der Waals surface area contributed by atoms with Gasteiger partial charge in [0.1, 0.15) is 5.75 Å². The highest BCUT2D eigenvalue weighted by Crippen LogP contribution is 2.25. The molecule has 0 fully saturated rings. The number of rotatable bonds is 7. The van der Waals surface area contributed by atoms with Crippen molar-refractivity contribution in [2.75, 3.05) is 7.11 Å². The quantitative estimate of drug-likeness (QED) is 0.827. The van der Waals surface area contributed by atoms with Gasteiger partial charge < -0.3 is 4.74 Å². The minimum Gasteiger partial charge on any atom is -0.496 e. The molecule has 0 spiro atoms. The van der Waals surface area contributed by atoms with E-state index in [9.17, 15) is 8.42 Å². The van der Waals surface area contributed by atoms with E-state index in [1.807, 2.05) is 63.2 Å². The Kier molecular flexibility index (Phi) is 6.02. The highest BCUT2D eigenvalue weighted by molar-refractivity contribution is 7.88. The molecule has 5 heteroatoms. The van der Waals surface area contributed by atoms with Gasteiger partial charge in [-0.25, -0.2) is 13.1 Å². The molecule has 0 aliphatic rings. The predicted octanol–water partition coefficient (Wildman–Crippen LogP) is 3.88. The van der Waals surface area contributed by atoms with Crippen LogP contribution in [0.1, 0.15) is 41.6 Å². The minimum absolute atomic E-state index is 0.0150. The van der Waals surface area contributed by atoms with Gasteiger partial charge in [0, 0.05) is 6.04 Å². The molecular formula is C19H25NO3S. The lowest BCUT2D eigenvalue weighted by Gasteiger charge is -2.19. The van der Waals surface area contributed by atoms with Crippen LogP contribution >= 0.6 is 0 Å². The van der Waals surface area contributed by atoms with Crippen molar-refractivity contribution in [1.29, 1.82) is 0 Å². The van der Waals surface area contributed by atoms with Crippen molar-refractivity contribution < 1.29 is 13.2 Å². The fourth-order valence-electron chi connectivity index (χ4n) is 2.67. The van der Waals surface area contributed by atoms with Crippen LogP contribution in [0, 0.1) is 13.8 Å². The largest absolute Gasteiger partial charge is 0.496 e. The standard InChI is InChI=1S/C19H25NO3S/c1-5-18(17-10-11-19(23-4)15(3)12-17)20-24(21,22)13-16-8-6-14(2)7-9-16/h6-12,18,20H,5,13H2,1-4H3/t18-/m0/s1. The third-order valence-electron chi connectivity index (χ3n) is 4.03. The minimum atomic E-state index is -3.42. The van der Waals surface area contributed by atoms with Gasteiger partial charge in [0.15, 0.2) is 0 Å². The fraction of sp³-hybridized carbons (Fsp3) is 0.368.